The summed E-state index contributed by atoms with van der Waals surface area (Å²) in [4.78, 5) is 28.1. The number of amides is 2. The lowest BCUT2D eigenvalue weighted by Crippen LogP contribution is -2.42. The third kappa shape index (κ3) is 3.85. The first-order chi connectivity index (χ1) is 13.5. The largest absolute Gasteiger partial charge is 0.425 e. The molecule has 4 rings (SSSR count). The average Bonchev–Trinajstić information content (AvgIpc) is 2.72. The number of likely N-dealkylation sites (N-methyl/N-ethyl adjacent to an activating group) is 1. The van der Waals surface area contributed by atoms with Crippen LogP contribution in [0.25, 0.3) is 6.08 Å². The molecule has 0 saturated carbocycles. The van der Waals surface area contributed by atoms with Crippen molar-refractivity contribution in [1.29, 1.82) is 0 Å². The highest BCUT2D eigenvalue weighted by Gasteiger charge is 2.38. The normalized spacial score (nSPS) is 23.7. The zero-order valence-corrected chi connectivity index (χ0v) is 17.0. The highest BCUT2D eigenvalue weighted by Crippen LogP contribution is 2.33. The van der Waals surface area contributed by atoms with Gasteiger partial charge < -0.3 is 9.64 Å². The number of ether oxygens (including phenoxy) is 1. The van der Waals surface area contributed by atoms with Crippen molar-refractivity contribution in [2.75, 3.05) is 33.4 Å². The average molecular weight is 416 g/mol. The number of benzene rings is 1. The van der Waals surface area contributed by atoms with E-state index in [2.05, 4.69) is 0 Å². The van der Waals surface area contributed by atoms with Crippen LogP contribution in [0.15, 0.2) is 53.0 Å². The molecular weight excluding hydrogens is 396 g/mol. The summed E-state index contributed by atoms with van der Waals surface area (Å²) in [6.45, 7) is 2.32. The van der Waals surface area contributed by atoms with Gasteiger partial charge in [0.2, 0.25) is 5.71 Å². The SMILES string of the molecule is C[N+]1=C2C=C(C(=O)N3CCOCC3)C=CC2S/C(=C\c2cccc(Cl)c2)C1=O. The minimum atomic E-state index is -0.0825. The predicted octanol–water partition coefficient (Wildman–Crippen LogP) is 2.76. The summed E-state index contributed by atoms with van der Waals surface area (Å²) in [5.41, 5.74) is 2.33. The van der Waals surface area contributed by atoms with Crippen LogP contribution in [0.4, 0.5) is 0 Å². The Hall–Kier alpha value is -2.15. The smallest absolute Gasteiger partial charge is 0.378 e. The monoisotopic (exact) mass is 415 g/mol. The van der Waals surface area contributed by atoms with Gasteiger partial charge in [0.05, 0.1) is 13.2 Å². The van der Waals surface area contributed by atoms with Crippen molar-refractivity contribution in [3.05, 3.63) is 63.6 Å². The molecule has 28 heavy (non-hydrogen) atoms. The molecule has 1 aliphatic carbocycles. The molecular formula is C21H20ClN2O3S+. The Labute approximate surface area is 173 Å². The molecule has 1 fully saturated rings. The summed E-state index contributed by atoms with van der Waals surface area (Å²) in [7, 11) is 1.75. The molecule has 1 saturated heterocycles. The van der Waals surface area contributed by atoms with Crippen molar-refractivity contribution in [1.82, 2.24) is 4.90 Å². The van der Waals surface area contributed by atoms with E-state index < -0.39 is 0 Å². The molecule has 0 N–H and O–H groups in total. The van der Waals surface area contributed by atoms with E-state index in [4.69, 9.17) is 16.3 Å². The molecule has 0 bridgehead atoms. The summed E-state index contributed by atoms with van der Waals surface area (Å²) in [6, 6.07) is 7.42. The van der Waals surface area contributed by atoms with E-state index >= 15 is 0 Å². The van der Waals surface area contributed by atoms with Gasteiger partial charge in [0.15, 0.2) is 0 Å². The third-order valence-corrected chi connectivity index (χ3v) is 6.33. The van der Waals surface area contributed by atoms with Gasteiger partial charge in [-0.1, -0.05) is 47.6 Å². The van der Waals surface area contributed by atoms with Crippen LogP contribution in [0, 0.1) is 0 Å². The van der Waals surface area contributed by atoms with Crippen molar-refractivity contribution >= 4 is 47.0 Å². The van der Waals surface area contributed by atoms with Gasteiger partial charge >= 0.3 is 5.91 Å². The number of carbonyl (C=O) groups excluding carboxylic acids is 2. The molecule has 0 aromatic heterocycles. The maximum atomic E-state index is 12.9. The Kier molecular flexibility index (Phi) is 5.53. The minimum absolute atomic E-state index is 0.00521. The zero-order chi connectivity index (χ0) is 19.7. The summed E-state index contributed by atoms with van der Waals surface area (Å²) in [5.74, 6) is -0.0995. The van der Waals surface area contributed by atoms with Gasteiger partial charge in [0.25, 0.3) is 5.91 Å². The molecule has 2 aliphatic heterocycles. The quantitative estimate of drug-likeness (QED) is 0.550. The number of fused-ring (bicyclic) bond motifs is 1. The van der Waals surface area contributed by atoms with Gasteiger partial charge in [-0.05, 0) is 23.8 Å². The van der Waals surface area contributed by atoms with Crippen molar-refractivity contribution < 1.29 is 18.9 Å². The lowest BCUT2D eigenvalue weighted by molar-refractivity contribution is -0.413. The summed E-state index contributed by atoms with van der Waals surface area (Å²) in [6.07, 6.45) is 7.55. The van der Waals surface area contributed by atoms with E-state index in [1.165, 1.54) is 11.8 Å². The first-order valence-corrected chi connectivity index (χ1v) is 10.3. The maximum Gasteiger partial charge on any atom is 0.425 e. The molecule has 1 unspecified atom stereocenters. The van der Waals surface area contributed by atoms with Crippen LogP contribution >= 0.6 is 23.4 Å². The number of allylic oxidation sites excluding steroid dienone is 1. The van der Waals surface area contributed by atoms with Crippen molar-refractivity contribution in [2.45, 2.75) is 5.25 Å². The van der Waals surface area contributed by atoms with E-state index in [0.717, 1.165) is 11.3 Å². The van der Waals surface area contributed by atoms with Crippen molar-refractivity contribution in [3.63, 3.8) is 0 Å². The second kappa shape index (κ2) is 8.07. The Bertz CT molecular complexity index is 958. The lowest BCUT2D eigenvalue weighted by atomic mass is 10.0. The standard InChI is InChI=1S/C21H20ClN2O3S/c1-23-17-13-15(20(25)24-7-9-27-10-8-24)5-6-18(17)28-19(21(23)26)12-14-3-2-4-16(22)11-14/h2-6,11-13,18H,7-10H2,1H3/q+1/b19-12-. The van der Waals surface area contributed by atoms with E-state index in [1.54, 1.807) is 22.6 Å². The minimum Gasteiger partial charge on any atom is -0.378 e. The topological polar surface area (TPSA) is 49.6 Å². The number of halogens is 1. The van der Waals surface area contributed by atoms with Gasteiger partial charge in [0, 0.05) is 29.8 Å². The fourth-order valence-corrected chi connectivity index (χ4v) is 4.78. The van der Waals surface area contributed by atoms with Crippen LogP contribution in [0.1, 0.15) is 5.56 Å². The van der Waals surface area contributed by atoms with E-state index in [0.29, 0.717) is 41.8 Å². The molecule has 0 spiro atoms. The fourth-order valence-electron chi connectivity index (χ4n) is 3.36. The van der Waals surface area contributed by atoms with E-state index in [-0.39, 0.29) is 17.1 Å². The van der Waals surface area contributed by atoms with Crippen molar-refractivity contribution in [3.8, 4) is 0 Å². The highest BCUT2D eigenvalue weighted by atomic mass is 35.5. The molecule has 2 amide bonds. The molecule has 3 aliphatic rings. The number of morpholine rings is 1. The Morgan fingerprint density at radius 2 is 2.14 bits per heavy atom. The van der Waals surface area contributed by atoms with E-state index in [1.807, 2.05) is 42.5 Å². The van der Waals surface area contributed by atoms with Gasteiger partial charge in [-0.25, -0.2) is 4.79 Å². The van der Waals surface area contributed by atoms with Gasteiger partial charge in [0.1, 0.15) is 17.2 Å². The third-order valence-electron chi connectivity index (χ3n) is 4.89. The van der Waals surface area contributed by atoms with Crippen LogP contribution in [0.5, 0.6) is 0 Å². The summed E-state index contributed by atoms with van der Waals surface area (Å²) < 4.78 is 6.95. The Balaban J connectivity index is 1.61. The second-order valence-corrected chi connectivity index (χ2v) is 8.37. The number of hydrogen-bond donors (Lipinski definition) is 0. The fraction of sp³-hybridized carbons (Fsp3) is 0.286. The van der Waals surface area contributed by atoms with Gasteiger partial charge in [-0.3, -0.25) is 4.79 Å². The van der Waals surface area contributed by atoms with Crippen LogP contribution in [-0.4, -0.2) is 65.6 Å². The predicted molar refractivity (Wildman–Crippen MR) is 112 cm³/mol. The Morgan fingerprint density at radius 3 is 2.89 bits per heavy atom. The Morgan fingerprint density at radius 1 is 1.36 bits per heavy atom. The maximum absolute atomic E-state index is 12.9. The molecule has 0 radical (unpaired) electrons. The summed E-state index contributed by atoms with van der Waals surface area (Å²) in [5, 5.41) is 0.629. The molecule has 1 aromatic carbocycles. The molecule has 1 atom stereocenters. The second-order valence-electron chi connectivity index (χ2n) is 6.75. The molecule has 1 aromatic rings. The number of rotatable bonds is 2. The highest BCUT2D eigenvalue weighted by molar-refractivity contribution is 8.05. The van der Waals surface area contributed by atoms with Crippen LogP contribution < -0.4 is 0 Å². The molecule has 144 valence electrons. The molecule has 2 heterocycles. The number of thioether (sulfide) groups is 1. The molecule has 5 nitrogen and oxygen atoms in total. The van der Waals surface area contributed by atoms with Crippen molar-refractivity contribution in [2.24, 2.45) is 0 Å². The summed E-state index contributed by atoms with van der Waals surface area (Å²) >= 11 is 7.54. The lowest BCUT2D eigenvalue weighted by Gasteiger charge is -2.28. The first kappa shape index (κ1) is 19.2. The number of nitrogens with zero attached hydrogens (tertiary/aromatic N) is 2. The van der Waals surface area contributed by atoms with Crippen LogP contribution in [0.3, 0.4) is 0 Å². The van der Waals surface area contributed by atoms with Gasteiger partial charge in [-0.15, -0.1) is 0 Å². The molecule has 7 heteroatoms. The zero-order valence-electron chi connectivity index (χ0n) is 15.4. The van der Waals surface area contributed by atoms with Crippen LogP contribution in [-0.2, 0) is 14.3 Å². The van der Waals surface area contributed by atoms with Gasteiger partial charge in [-0.2, -0.15) is 4.58 Å². The van der Waals surface area contributed by atoms with Crippen LogP contribution in [0.2, 0.25) is 5.02 Å². The number of hydrogen-bond acceptors (Lipinski definition) is 4. The number of carbonyl (C=O) groups is 2. The first-order valence-electron chi connectivity index (χ1n) is 9.08. The van der Waals surface area contributed by atoms with E-state index in [9.17, 15) is 9.59 Å².